The number of aromatic nitrogens is 1. The van der Waals surface area contributed by atoms with Crippen molar-refractivity contribution in [2.45, 2.75) is 25.4 Å². The Hall–Kier alpha value is -0.760. The summed E-state index contributed by atoms with van der Waals surface area (Å²) < 4.78 is 2.24. The predicted octanol–water partition coefficient (Wildman–Crippen LogP) is 0.762. The van der Waals surface area contributed by atoms with Crippen LogP contribution < -0.4 is 5.73 Å². The average molecular weight is 136 g/mol. The SMILES string of the molecule is N[C@H]1CCc2cccn2C1. The highest BCUT2D eigenvalue weighted by atomic mass is 15.0. The molecule has 1 atom stereocenters. The van der Waals surface area contributed by atoms with Crippen LogP contribution in [0.2, 0.25) is 0 Å². The lowest BCUT2D eigenvalue weighted by Crippen LogP contribution is -2.31. The van der Waals surface area contributed by atoms with Crippen molar-refractivity contribution in [2.75, 3.05) is 0 Å². The number of nitrogens with two attached hydrogens (primary N) is 1. The van der Waals surface area contributed by atoms with Crippen molar-refractivity contribution in [2.24, 2.45) is 5.73 Å². The molecule has 1 aromatic rings. The van der Waals surface area contributed by atoms with Crippen molar-refractivity contribution in [3.63, 3.8) is 0 Å². The fourth-order valence-electron chi connectivity index (χ4n) is 1.53. The highest BCUT2D eigenvalue weighted by Gasteiger charge is 2.12. The van der Waals surface area contributed by atoms with E-state index in [0.29, 0.717) is 6.04 Å². The van der Waals surface area contributed by atoms with Crippen LogP contribution in [-0.4, -0.2) is 10.6 Å². The summed E-state index contributed by atoms with van der Waals surface area (Å²) in [7, 11) is 0. The maximum absolute atomic E-state index is 5.79. The first-order chi connectivity index (χ1) is 4.86. The number of hydrogen-bond donors (Lipinski definition) is 1. The molecule has 2 nitrogen and oxygen atoms in total. The molecule has 2 N–H and O–H groups in total. The molecule has 54 valence electrons. The van der Waals surface area contributed by atoms with Gasteiger partial charge in [-0.1, -0.05) is 0 Å². The van der Waals surface area contributed by atoms with E-state index >= 15 is 0 Å². The summed E-state index contributed by atoms with van der Waals surface area (Å²) in [6.07, 6.45) is 4.40. The maximum Gasteiger partial charge on any atom is 0.0374 e. The standard InChI is InChI=1S/C8H12N2/c9-7-3-4-8-2-1-5-10(8)6-7/h1-2,5,7H,3-4,6,9H2/t7-/m0/s1. The number of rotatable bonds is 0. The molecule has 2 rings (SSSR count). The van der Waals surface area contributed by atoms with E-state index in [4.69, 9.17) is 5.73 Å². The molecule has 2 heterocycles. The summed E-state index contributed by atoms with van der Waals surface area (Å²) in [4.78, 5) is 0. The predicted molar refractivity (Wildman–Crippen MR) is 40.7 cm³/mol. The van der Waals surface area contributed by atoms with Gasteiger partial charge >= 0.3 is 0 Å². The Morgan fingerprint density at radius 2 is 2.50 bits per heavy atom. The van der Waals surface area contributed by atoms with Crippen LogP contribution in [0.5, 0.6) is 0 Å². The molecule has 1 aliphatic rings. The number of aryl methyl sites for hydroxylation is 1. The van der Waals surface area contributed by atoms with Gasteiger partial charge in [-0.15, -0.1) is 0 Å². The summed E-state index contributed by atoms with van der Waals surface area (Å²) in [5.74, 6) is 0. The third-order valence-electron chi connectivity index (χ3n) is 2.13. The van der Waals surface area contributed by atoms with Gasteiger partial charge in [-0.25, -0.2) is 0 Å². The number of fused-ring (bicyclic) bond motifs is 1. The highest BCUT2D eigenvalue weighted by molar-refractivity contribution is 5.10. The Labute approximate surface area is 60.6 Å². The Morgan fingerprint density at radius 1 is 1.60 bits per heavy atom. The quantitative estimate of drug-likeness (QED) is 0.561. The first kappa shape index (κ1) is 5.98. The van der Waals surface area contributed by atoms with Gasteiger partial charge in [0, 0.05) is 24.5 Å². The van der Waals surface area contributed by atoms with Gasteiger partial charge in [-0.3, -0.25) is 0 Å². The molecule has 0 unspecified atom stereocenters. The van der Waals surface area contributed by atoms with Crippen LogP contribution in [0.25, 0.3) is 0 Å². The van der Waals surface area contributed by atoms with Crippen molar-refractivity contribution < 1.29 is 0 Å². The second kappa shape index (κ2) is 2.13. The molecule has 10 heavy (non-hydrogen) atoms. The van der Waals surface area contributed by atoms with E-state index < -0.39 is 0 Å². The zero-order valence-corrected chi connectivity index (χ0v) is 5.96. The summed E-state index contributed by atoms with van der Waals surface area (Å²) in [5, 5.41) is 0. The Morgan fingerprint density at radius 3 is 3.40 bits per heavy atom. The molecular weight excluding hydrogens is 124 g/mol. The Balaban J connectivity index is 2.30. The molecule has 0 saturated heterocycles. The largest absolute Gasteiger partial charge is 0.350 e. The van der Waals surface area contributed by atoms with E-state index in [9.17, 15) is 0 Å². The number of hydrogen-bond acceptors (Lipinski definition) is 1. The summed E-state index contributed by atoms with van der Waals surface area (Å²) >= 11 is 0. The van der Waals surface area contributed by atoms with Crippen molar-refractivity contribution in [1.82, 2.24) is 4.57 Å². The maximum atomic E-state index is 5.79. The smallest absolute Gasteiger partial charge is 0.0374 e. The lowest BCUT2D eigenvalue weighted by molar-refractivity contribution is 0.461. The Kier molecular flexibility index (Phi) is 1.27. The van der Waals surface area contributed by atoms with E-state index in [0.717, 1.165) is 19.4 Å². The zero-order valence-electron chi connectivity index (χ0n) is 5.96. The molecule has 0 saturated carbocycles. The van der Waals surface area contributed by atoms with Gasteiger partial charge in [-0.2, -0.15) is 0 Å². The van der Waals surface area contributed by atoms with Gasteiger partial charge < -0.3 is 10.3 Å². The minimum absolute atomic E-state index is 0.375. The molecule has 1 aliphatic heterocycles. The number of nitrogens with zero attached hydrogens (tertiary/aromatic N) is 1. The average Bonchev–Trinajstić information content (AvgIpc) is 2.33. The third-order valence-corrected chi connectivity index (χ3v) is 2.13. The highest BCUT2D eigenvalue weighted by Crippen LogP contribution is 2.13. The van der Waals surface area contributed by atoms with Crippen LogP contribution in [-0.2, 0) is 13.0 Å². The third kappa shape index (κ3) is 0.847. The first-order valence-electron chi connectivity index (χ1n) is 3.76. The zero-order chi connectivity index (χ0) is 6.97. The summed E-state index contributed by atoms with van der Waals surface area (Å²) in [5.41, 5.74) is 7.22. The van der Waals surface area contributed by atoms with Crippen molar-refractivity contribution in [1.29, 1.82) is 0 Å². The molecule has 2 heteroatoms. The van der Waals surface area contributed by atoms with E-state index in [1.807, 2.05) is 0 Å². The normalized spacial score (nSPS) is 24.3. The fraction of sp³-hybridized carbons (Fsp3) is 0.500. The van der Waals surface area contributed by atoms with E-state index in [2.05, 4.69) is 22.9 Å². The van der Waals surface area contributed by atoms with Crippen LogP contribution in [0, 0.1) is 0 Å². The van der Waals surface area contributed by atoms with E-state index in [1.165, 1.54) is 5.69 Å². The van der Waals surface area contributed by atoms with Crippen LogP contribution in [0.1, 0.15) is 12.1 Å². The lowest BCUT2D eigenvalue weighted by Gasteiger charge is -2.20. The van der Waals surface area contributed by atoms with Gasteiger partial charge in [0.1, 0.15) is 0 Å². The van der Waals surface area contributed by atoms with Crippen molar-refractivity contribution in [3.05, 3.63) is 24.0 Å². The second-order valence-corrected chi connectivity index (χ2v) is 2.95. The van der Waals surface area contributed by atoms with E-state index in [-0.39, 0.29) is 0 Å². The second-order valence-electron chi connectivity index (χ2n) is 2.95. The van der Waals surface area contributed by atoms with Crippen LogP contribution in [0.3, 0.4) is 0 Å². The molecule has 0 aromatic carbocycles. The molecule has 0 fully saturated rings. The minimum Gasteiger partial charge on any atom is -0.350 e. The van der Waals surface area contributed by atoms with Gasteiger partial charge in [0.05, 0.1) is 0 Å². The topological polar surface area (TPSA) is 30.9 Å². The fourth-order valence-corrected chi connectivity index (χ4v) is 1.53. The molecular formula is C8H12N2. The van der Waals surface area contributed by atoms with Gasteiger partial charge in [-0.05, 0) is 25.0 Å². The first-order valence-corrected chi connectivity index (χ1v) is 3.76. The molecule has 1 aromatic heterocycles. The van der Waals surface area contributed by atoms with Crippen LogP contribution >= 0.6 is 0 Å². The van der Waals surface area contributed by atoms with Crippen molar-refractivity contribution >= 4 is 0 Å². The molecule has 0 radical (unpaired) electrons. The molecule has 0 spiro atoms. The molecule has 0 amide bonds. The summed E-state index contributed by atoms with van der Waals surface area (Å²) in [6.45, 7) is 1.00. The Bertz CT molecular complexity index is 227. The summed E-state index contributed by atoms with van der Waals surface area (Å²) in [6, 6.07) is 4.64. The van der Waals surface area contributed by atoms with Crippen LogP contribution in [0.4, 0.5) is 0 Å². The van der Waals surface area contributed by atoms with Gasteiger partial charge in [0.25, 0.3) is 0 Å². The van der Waals surface area contributed by atoms with Gasteiger partial charge in [0.2, 0.25) is 0 Å². The van der Waals surface area contributed by atoms with Gasteiger partial charge in [0.15, 0.2) is 0 Å². The van der Waals surface area contributed by atoms with E-state index in [1.54, 1.807) is 0 Å². The van der Waals surface area contributed by atoms with Crippen LogP contribution in [0.15, 0.2) is 18.3 Å². The molecule has 0 aliphatic carbocycles. The molecule has 0 bridgehead atoms. The monoisotopic (exact) mass is 136 g/mol. The lowest BCUT2D eigenvalue weighted by atomic mass is 10.1. The van der Waals surface area contributed by atoms with Crippen molar-refractivity contribution in [3.8, 4) is 0 Å². The minimum atomic E-state index is 0.375.